The van der Waals surface area contributed by atoms with Gasteiger partial charge in [0.2, 0.25) is 0 Å². The van der Waals surface area contributed by atoms with Crippen molar-refractivity contribution in [2.24, 2.45) is 0 Å². The average Bonchev–Trinajstić information content (AvgIpc) is 2.86. The van der Waals surface area contributed by atoms with E-state index in [1.165, 1.54) is 27.0 Å². The second-order valence-electron chi connectivity index (χ2n) is 3.70. The number of hydrogen-bond acceptors (Lipinski definition) is 1. The molecule has 0 spiro atoms. The summed E-state index contributed by atoms with van der Waals surface area (Å²) >= 11 is 1.77. The number of hydrogen-bond donors (Lipinski definition) is 1. The van der Waals surface area contributed by atoms with Crippen molar-refractivity contribution in [1.29, 1.82) is 0 Å². The molecule has 0 amide bonds. The molecule has 74 valence electrons. The number of benzene rings is 1. The smallest absolute Gasteiger partial charge is 0.0566 e. The highest BCUT2D eigenvalue weighted by molar-refractivity contribution is 7.13. The summed E-state index contributed by atoms with van der Waals surface area (Å²) in [5.74, 6) is 0. The van der Waals surface area contributed by atoms with Gasteiger partial charge in [0.1, 0.15) is 0 Å². The van der Waals surface area contributed by atoms with E-state index in [0.717, 1.165) is 0 Å². The maximum absolute atomic E-state index is 3.48. The molecule has 3 rings (SSSR count). The highest BCUT2D eigenvalue weighted by Gasteiger charge is 2.04. The predicted octanol–water partition coefficient (Wildman–Crippen LogP) is 4.20. The molecule has 0 aliphatic rings. The van der Waals surface area contributed by atoms with Crippen LogP contribution in [0.1, 0.15) is 5.56 Å². The first kappa shape index (κ1) is 8.74. The molecule has 2 heteroatoms. The molecule has 0 atom stereocenters. The van der Waals surface area contributed by atoms with Crippen LogP contribution in [0.5, 0.6) is 0 Å². The molecular weight excluding hydrogens is 202 g/mol. The number of para-hydroxylation sites is 1. The van der Waals surface area contributed by atoms with Crippen molar-refractivity contribution in [2.45, 2.75) is 6.92 Å². The Morgan fingerprint density at radius 1 is 1.13 bits per heavy atom. The first-order valence-electron chi connectivity index (χ1n) is 4.97. The van der Waals surface area contributed by atoms with E-state index in [1.807, 2.05) is 0 Å². The van der Waals surface area contributed by atoms with E-state index in [0.29, 0.717) is 0 Å². The van der Waals surface area contributed by atoms with Gasteiger partial charge in [-0.25, -0.2) is 0 Å². The summed E-state index contributed by atoms with van der Waals surface area (Å²) in [5, 5.41) is 3.40. The molecule has 2 heterocycles. The second kappa shape index (κ2) is 3.24. The minimum absolute atomic E-state index is 1.22. The number of aryl methyl sites for hydroxylation is 1. The highest BCUT2D eigenvalue weighted by Crippen LogP contribution is 2.28. The summed E-state index contributed by atoms with van der Waals surface area (Å²) in [7, 11) is 0. The van der Waals surface area contributed by atoms with Gasteiger partial charge in [0, 0.05) is 10.9 Å². The number of aromatic nitrogens is 1. The van der Waals surface area contributed by atoms with Crippen LogP contribution >= 0.6 is 11.3 Å². The van der Waals surface area contributed by atoms with Crippen LogP contribution < -0.4 is 0 Å². The van der Waals surface area contributed by atoms with E-state index in [1.54, 1.807) is 11.3 Å². The Kier molecular flexibility index (Phi) is 1.89. The van der Waals surface area contributed by atoms with E-state index in [9.17, 15) is 0 Å². The lowest BCUT2D eigenvalue weighted by Crippen LogP contribution is -1.74. The maximum Gasteiger partial charge on any atom is 0.0566 e. The number of thiophene rings is 1. The van der Waals surface area contributed by atoms with Crippen LogP contribution in [0.4, 0.5) is 0 Å². The summed E-state index contributed by atoms with van der Waals surface area (Å²) in [6.45, 7) is 2.14. The summed E-state index contributed by atoms with van der Waals surface area (Å²) in [6, 6.07) is 12.8. The van der Waals surface area contributed by atoms with Crippen molar-refractivity contribution >= 4 is 22.2 Å². The van der Waals surface area contributed by atoms with Gasteiger partial charge in [-0.15, -0.1) is 11.3 Å². The number of rotatable bonds is 1. The first-order chi connectivity index (χ1) is 7.34. The Labute approximate surface area is 92.4 Å². The van der Waals surface area contributed by atoms with Gasteiger partial charge in [-0.3, -0.25) is 0 Å². The van der Waals surface area contributed by atoms with Crippen molar-refractivity contribution in [2.75, 3.05) is 0 Å². The van der Waals surface area contributed by atoms with Gasteiger partial charge in [-0.2, -0.15) is 0 Å². The summed E-state index contributed by atoms with van der Waals surface area (Å²) < 4.78 is 0. The minimum atomic E-state index is 1.22. The number of fused-ring (bicyclic) bond motifs is 1. The molecule has 0 aliphatic carbocycles. The normalized spacial score (nSPS) is 11.0. The monoisotopic (exact) mass is 213 g/mol. The Morgan fingerprint density at radius 2 is 2.07 bits per heavy atom. The predicted molar refractivity (Wildman–Crippen MR) is 66.3 cm³/mol. The van der Waals surface area contributed by atoms with E-state index < -0.39 is 0 Å². The molecule has 1 aromatic carbocycles. The minimum Gasteiger partial charge on any atom is -0.354 e. The Hall–Kier alpha value is -1.54. The standard InChI is InChI=1S/C13H11NS/c1-9-4-2-5-10-8-11(14-13(9)10)12-6-3-7-15-12/h2-8,14H,1H3. The number of aromatic amines is 1. The summed E-state index contributed by atoms with van der Waals surface area (Å²) in [4.78, 5) is 4.77. The molecule has 0 fully saturated rings. The van der Waals surface area contributed by atoms with Crippen LogP contribution in [0.3, 0.4) is 0 Å². The van der Waals surface area contributed by atoms with Gasteiger partial charge in [0.25, 0.3) is 0 Å². The fourth-order valence-corrected chi connectivity index (χ4v) is 2.57. The van der Waals surface area contributed by atoms with Crippen LogP contribution in [0, 0.1) is 6.92 Å². The van der Waals surface area contributed by atoms with Gasteiger partial charge in [0.05, 0.1) is 10.6 Å². The van der Waals surface area contributed by atoms with E-state index >= 15 is 0 Å². The Balaban J connectivity index is 2.27. The van der Waals surface area contributed by atoms with E-state index in [2.05, 4.69) is 53.7 Å². The summed E-state index contributed by atoms with van der Waals surface area (Å²) in [5.41, 5.74) is 3.77. The molecule has 15 heavy (non-hydrogen) atoms. The van der Waals surface area contributed by atoms with Crippen LogP contribution in [-0.4, -0.2) is 4.98 Å². The zero-order chi connectivity index (χ0) is 10.3. The molecule has 0 bridgehead atoms. The molecule has 2 aromatic heterocycles. The SMILES string of the molecule is Cc1cccc2cc(-c3cccs3)[nH]c12. The highest BCUT2D eigenvalue weighted by atomic mass is 32.1. The van der Waals surface area contributed by atoms with Gasteiger partial charge >= 0.3 is 0 Å². The summed E-state index contributed by atoms with van der Waals surface area (Å²) in [6.07, 6.45) is 0. The maximum atomic E-state index is 3.48. The lowest BCUT2D eigenvalue weighted by Gasteiger charge is -1.93. The van der Waals surface area contributed by atoms with Crippen LogP contribution in [0.2, 0.25) is 0 Å². The molecule has 3 aromatic rings. The van der Waals surface area contributed by atoms with Crippen LogP contribution in [0.15, 0.2) is 41.8 Å². The molecule has 0 unspecified atom stereocenters. The molecule has 0 saturated heterocycles. The fourth-order valence-electron chi connectivity index (χ4n) is 1.87. The van der Waals surface area contributed by atoms with Crippen molar-refractivity contribution in [1.82, 2.24) is 4.98 Å². The van der Waals surface area contributed by atoms with Crippen molar-refractivity contribution in [3.05, 3.63) is 47.3 Å². The molecular formula is C13H11NS. The quantitative estimate of drug-likeness (QED) is 0.623. The van der Waals surface area contributed by atoms with Gasteiger partial charge in [-0.05, 0) is 30.0 Å². The second-order valence-corrected chi connectivity index (χ2v) is 4.65. The van der Waals surface area contributed by atoms with Crippen molar-refractivity contribution < 1.29 is 0 Å². The van der Waals surface area contributed by atoms with Gasteiger partial charge in [-0.1, -0.05) is 24.3 Å². The first-order valence-corrected chi connectivity index (χ1v) is 5.85. The number of H-pyrrole nitrogens is 1. The van der Waals surface area contributed by atoms with Crippen LogP contribution in [0.25, 0.3) is 21.5 Å². The van der Waals surface area contributed by atoms with Crippen LogP contribution in [-0.2, 0) is 0 Å². The lowest BCUT2D eigenvalue weighted by molar-refractivity contribution is 1.42. The van der Waals surface area contributed by atoms with Crippen molar-refractivity contribution in [3.63, 3.8) is 0 Å². The van der Waals surface area contributed by atoms with Gasteiger partial charge in [0.15, 0.2) is 0 Å². The molecule has 0 aliphatic heterocycles. The Bertz CT molecular complexity index is 590. The zero-order valence-corrected chi connectivity index (χ0v) is 9.27. The topological polar surface area (TPSA) is 15.8 Å². The number of nitrogens with one attached hydrogen (secondary N) is 1. The third-order valence-electron chi connectivity index (χ3n) is 2.65. The molecule has 1 N–H and O–H groups in total. The average molecular weight is 213 g/mol. The zero-order valence-electron chi connectivity index (χ0n) is 8.45. The third-order valence-corrected chi connectivity index (χ3v) is 3.55. The Morgan fingerprint density at radius 3 is 2.80 bits per heavy atom. The largest absolute Gasteiger partial charge is 0.354 e. The van der Waals surface area contributed by atoms with Crippen molar-refractivity contribution in [3.8, 4) is 10.6 Å². The molecule has 0 saturated carbocycles. The van der Waals surface area contributed by atoms with Gasteiger partial charge < -0.3 is 4.98 Å². The molecule has 0 radical (unpaired) electrons. The van der Waals surface area contributed by atoms with E-state index in [4.69, 9.17) is 0 Å². The van der Waals surface area contributed by atoms with E-state index in [-0.39, 0.29) is 0 Å². The molecule has 1 nitrogen and oxygen atoms in total. The lowest BCUT2D eigenvalue weighted by atomic mass is 10.2. The fraction of sp³-hybridized carbons (Fsp3) is 0.0769. The third kappa shape index (κ3) is 1.38.